The number of ether oxygens (including phenoxy) is 2. The molecule has 0 aliphatic carbocycles. The Labute approximate surface area is 108 Å². The number of hydrogen-bond acceptors (Lipinski definition) is 3. The van der Waals surface area contributed by atoms with Crippen LogP contribution in [0.5, 0.6) is 0 Å². The van der Waals surface area contributed by atoms with E-state index in [1.165, 1.54) is 6.07 Å². The van der Waals surface area contributed by atoms with Crippen LogP contribution >= 0.6 is 0 Å². The van der Waals surface area contributed by atoms with Gasteiger partial charge in [0.05, 0.1) is 6.04 Å². The van der Waals surface area contributed by atoms with Crippen molar-refractivity contribution in [2.24, 2.45) is 0 Å². The fraction of sp³-hybridized carbons (Fsp3) is 0.571. The minimum atomic E-state index is -0.410. The number of benzene rings is 1. The van der Waals surface area contributed by atoms with Crippen LogP contribution in [-0.2, 0) is 9.47 Å². The molecular formula is C14H22FNO2. The van der Waals surface area contributed by atoms with E-state index < -0.39 is 6.29 Å². The summed E-state index contributed by atoms with van der Waals surface area (Å²) in [6.07, 6.45) is -0.410. The SMILES string of the molecule is CCOC(OCC)C(NC)c1ccc(C)c(F)c1. The highest BCUT2D eigenvalue weighted by atomic mass is 19.1. The second kappa shape index (κ2) is 7.46. The summed E-state index contributed by atoms with van der Waals surface area (Å²) in [6, 6.07) is 5.01. The predicted molar refractivity (Wildman–Crippen MR) is 70.0 cm³/mol. The van der Waals surface area contributed by atoms with Gasteiger partial charge in [-0.25, -0.2) is 4.39 Å². The number of aryl methyl sites for hydroxylation is 1. The van der Waals surface area contributed by atoms with Crippen LogP contribution in [0.3, 0.4) is 0 Å². The highest BCUT2D eigenvalue weighted by molar-refractivity contribution is 5.26. The molecule has 0 saturated carbocycles. The molecule has 0 radical (unpaired) electrons. The molecule has 4 heteroatoms. The molecule has 1 aromatic rings. The van der Waals surface area contributed by atoms with Crippen LogP contribution in [0.15, 0.2) is 18.2 Å². The molecule has 1 aromatic carbocycles. The third-order valence-corrected chi connectivity index (χ3v) is 2.80. The maximum absolute atomic E-state index is 13.6. The summed E-state index contributed by atoms with van der Waals surface area (Å²) in [7, 11) is 1.81. The summed E-state index contributed by atoms with van der Waals surface area (Å²) in [5.74, 6) is -0.209. The predicted octanol–water partition coefficient (Wildman–Crippen LogP) is 2.79. The van der Waals surface area contributed by atoms with E-state index in [1.54, 1.807) is 13.0 Å². The van der Waals surface area contributed by atoms with Crippen molar-refractivity contribution in [2.75, 3.05) is 20.3 Å². The Kier molecular flexibility index (Phi) is 6.25. The first-order chi connectivity index (χ1) is 8.63. The molecule has 0 spiro atoms. The van der Waals surface area contributed by atoms with Crippen LogP contribution in [0.25, 0.3) is 0 Å². The minimum absolute atomic E-state index is 0.181. The number of rotatable bonds is 7. The largest absolute Gasteiger partial charge is 0.351 e. The van der Waals surface area contributed by atoms with Gasteiger partial charge in [-0.3, -0.25) is 0 Å². The van der Waals surface area contributed by atoms with Crippen molar-refractivity contribution < 1.29 is 13.9 Å². The lowest BCUT2D eigenvalue weighted by Crippen LogP contribution is -2.34. The molecule has 1 atom stereocenters. The Morgan fingerprint density at radius 1 is 1.22 bits per heavy atom. The maximum Gasteiger partial charge on any atom is 0.176 e. The first-order valence-corrected chi connectivity index (χ1v) is 6.30. The first-order valence-electron chi connectivity index (χ1n) is 6.30. The third-order valence-electron chi connectivity index (χ3n) is 2.80. The van der Waals surface area contributed by atoms with E-state index in [0.717, 1.165) is 5.56 Å². The van der Waals surface area contributed by atoms with Crippen LogP contribution in [-0.4, -0.2) is 26.6 Å². The van der Waals surface area contributed by atoms with E-state index in [4.69, 9.17) is 9.47 Å². The molecule has 3 nitrogen and oxygen atoms in total. The Balaban J connectivity index is 2.94. The first kappa shape index (κ1) is 15.1. The van der Waals surface area contributed by atoms with Gasteiger partial charge in [0.25, 0.3) is 0 Å². The molecule has 0 fully saturated rings. The van der Waals surface area contributed by atoms with Gasteiger partial charge in [-0.1, -0.05) is 12.1 Å². The zero-order chi connectivity index (χ0) is 13.5. The lowest BCUT2D eigenvalue weighted by atomic mass is 10.0. The molecule has 0 bridgehead atoms. The van der Waals surface area contributed by atoms with Gasteiger partial charge in [0.2, 0.25) is 0 Å². The molecule has 1 unspecified atom stereocenters. The molecule has 18 heavy (non-hydrogen) atoms. The van der Waals surface area contributed by atoms with Gasteiger partial charge in [0.15, 0.2) is 6.29 Å². The molecule has 102 valence electrons. The fourth-order valence-corrected chi connectivity index (χ4v) is 1.83. The highest BCUT2D eigenvalue weighted by Crippen LogP contribution is 2.22. The van der Waals surface area contributed by atoms with Gasteiger partial charge in [-0.05, 0) is 45.0 Å². The van der Waals surface area contributed by atoms with Gasteiger partial charge in [0.1, 0.15) is 5.82 Å². The van der Waals surface area contributed by atoms with Gasteiger partial charge >= 0.3 is 0 Å². The van der Waals surface area contributed by atoms with E-state index in [2.05, 4.69) is 5.32 Å². The normalized spacial score (nSPS) is 13.0. The second-order valence-corrected chi connectivity index (χ2v) is 4.05. The topological polar surface area (TPSA) is 30.5 Å². The van der Waals surface area contributed by atoms with Crippen molar-refractivity contribution in [3.05, 3.63) is 35.1 Å². The van der Waals surface area contributed by atoms with E-state index in [9.17, 15) is 4.39 Å². The van der Waals surface area contributed by atoms with E-state index >= 15 is 0 Å². The van der Waals surface area contributed by atoms with E-state index in [-0.39, 0.29) is 11.9 Å². The highest BCUT2D eigenvalue weighted by Gasteiger charge is 2.23. The summed E-state index contributed by atoms with van der Waals surface area (Å²) in [4.78, 5) is 0. The molecule has 1 N–H and O–H groups in total. The fourth-order valence-electron chi connectivity index (χ4n) is 1.83. The average Bonchev–Trinajstić information content (AvgIpc) is 2.35. The molecule has 1 rings (SSSR count). The number of hydrogen-bond donors (Lipinski definition) is 1. The van der Waals surface area contributed by atoms with Crippen molar-refractivity contribution in [1.82, 2.24) is 5.32 Å². The lowest BCUT2D eigenvalue weighted by molar-refractivity contribution is -0.154. The van der Waals surface area contributed by atoms with Crippen molar-refractivity contribution >= 4 is 0 Å². The summed E-state index contributed by atoms with van der Waals surface area (Å²) >= 11 is 0. The summed E-state index contributed by atoms with van der Waals surface area (Å²) in [5.41, 5.74) is 1.46. The van der Waals surface area contributed by atoms with Crippen molar-refractivity contribution in [3.63, 3.8) is 0 Å². The molecule has 0 saturated heterocycles. The summed E-state index contributed by atoms with van der Waals surface area (Å²) < 4.78 is 24.7. The zero-order valence-electron chi connectivity index (χ0n) is 11.5. The molecule has 0 amide bonds. The lowest BCUT2D eigenvalue weighted by Gasteiger charge is -2.27. The molecule has 0 aromatic heterocycles. The number of likely N-dealkylation sites (N-methyl/N-ethyl adjacent to an activating group) is 1. The molecule has 0 aliphatic rings. The zero-order valence-corrected chi connectivity index (χ0v) is 11.5. The van der Waals surface area contributed by atoms with E-state index in [0.29, 0.717) is 18.8 Å². The monoisotopic (exact) mass is 255 g/mol. The molecule has 0 aliphatic heterocycles. The van der Waals surface area contributed by atoms with Gasteiger partial charge < -0.3 is 14.8 Å². The van der Waals surface area contributed by atoms with Gasteiger partial charge in [0, 0.05) is 13.2 Å². The number of nitrogens with one attached hydrogen (secondary N) is 1. The van der Waals surface area contributed by atoms with E-state index in [1.807, 2.05) is 27.0 Å². The van der Waals surface area contributed by atoms with Crippen LogP contribution < -0.4 is 5.32 Å². The summed E-state index contributed by atoms with van der Waals surface area (Å²) in [5, 5.41) is 3.12. The third kappa shape index (κ3) is 3.77. The Bertz CT molecular complexity index is 365. The van der Waals surface area contributed by atoms with Gasteiger partial charge in [-0.2, -0.15) is 0 Å². The molecular weight excluding hydrogens is 233 g/mol. The quantitative estimate of drug-likeness (QED) is 0.760. The second-order valence-electron chi connectivity index (χ2n) is 4.05. The van der Waals surface area contributed by atoms with Crippen LogP contribution in [0.2, 0.25) is 0 Å². The Hall–Kier alpha value is -0.970. The smallest absolute Gasteiger partial charge is 0.176 e. The van der Waals surface area contributed by atoms with Crippen molar-refractivity contribution in [2.45, 2.75) is 33.1 Å². The molecule has 0 heterocycles. The Morgan fingerprint density at radius 2 is 1.83 bits per heavy atom. The Morgan fingerprint density at radius 3 is 2.28 bits per heavy atom. The van der Waals surface area contributed by atoms with Crippen LogP contribution in [0.4, 0.5) is 4.39 Å². The van der Waals surface area contributed by atoms with Crippen molar-refractivity contribution in [1.29, 1.82) is 0 Å². The summed E-state index contributed by atoms with van der Waals surface area (Å²) in [6.45, 7) is 6.67. The van der Waals surface area contributed by atoms with Gasteiger partial charge in [-0.15, -0.1) is 0 Å². The van der Waals surface area contributed by atoms with Crippen LogP contribution in [0.1, 0.15) is 31.0 Å². The average molecular weight is 255 g/mol. The van der Waals surface area contributed by atoms with Crippen LogP contribution in [0, 0.1) is 12.7 Å². The minimum Gasteiger partial charge on any atom is -0.351 e. The maximum atomic E-state index is 13.6. The van der Waals surface area contributed by atoms with Crippen molar-refractivity contribution in [3.8, 4) is 0 Å². The standard InChI is InChI=1S/C14H22FNO2/c1-5-17-14(18-6-2)13(16-4)11-8-7-10(3)12(15)9-11/h7-9,13-14,16H,5-6H2,1-4H3. The number of halogens is 1.